The number of carbonyl (C=O) groups is 1. The van der Waals surface area contributed by atoms with Crippen LogP contribution in [-0.4, -0.2) is 50.1 Å². The van der Waals surface area contributed by atoms with Gasteiger partial charge in [-0.3, -0.25) is 9.69 Å². The highest BCUT2D eigenvalue weighted by molar-refractivity contribution is 5.78. The molecule has 120 valence electrons. The molecule has 0 bridgehead atoms. The molecule has 4 nitrogen and oxygen atoms in total. The Kier molecular flexibility index (Phi) is 5.11. The summed E-state index contributed by atoms with van der Waals surface area (Å²) in [4.78, 5) is 14.5. The van der Waals surface area contributed by atoms with Gasteiger partial charge < -0.3 is 10.6 Å². The van der Waals surface area contributed by atoms with Crippen molar-refractivity contribution in [3.63, 3.8) is 0 Å². The van der Waals surface area contributed by atoms with Crippen LogP contribution in [0.1, 0.15) is 31.2 Å². The minimum absolute atomic E-state index is 0.153. The molecule has 1 aliphatic heterocycles. The van der Waals surface area contributed by atoms with Gasteiger partial charge in [0, 0.05) is 38.1 Å². The van der Waals surface area contributed by atoms with E-state index in [1.165, 1.54) is 31.2 Å². The van der Waals surface area contributed by atoms with Crippen molar-refractivity contribution in [2.24, 2.45) is 0 Å². The monoisotopic (exact) mass is 301 g/mol. The molecule has 1 saturated carbocycles. The van der Waals surface area contributed by atoms with Crippen LogP contribution in [-0.2, 0) is 10.2 Å². The van der Waals surface area contributed by atoms with Crippen LogP contribution in [0.25, 0.3) is 0 Å². The molecule has 0 unspecified atom stereocenters. The fourth-order valence-electron chi connectivity index (χ4n) is 3.81. The summed E-state index contributed by atoms with van der Waals surface area (Å²) in [6.45, 7) is 5.23. The first-order valence-electron chi connectivity index (χ1n) is 8.54. The fourth-order valence-corrected chi connectivity index (χ4v) is 3.81. The van der Waals surface area contributed by atoms with Gasteiger partial charge in [0.05, 0.1) is 6.54 Å². The minimum Gasteiger partial charge on any atom is -0.354 e. The number of nitrogens with one attached hydrogen (secondary N) is 2. The Balaban J connectivity index is 1.57. The van der Waals surface area contributed by atoms with E-state index in [9.17, 15) is 4.79 Å². The molecule has 2 fully saturated rings. The van der Waals surface area contributed by atoms with E-state index >= 15 is 0 Å². The normalized spacial score (nSPS) is 21.6. The second-order valence-corrected chi connectivity index (χ2v) is 6.66. The largest absolute Gasteiger partial charge is 0.354 e. The van der Waals surface area contributed by atoms with Crippen LogP contribution >= 0.6 is 0 Å². The molecule has 0 aromatic heterocycles. The average Bonchev–Trinajstić information content (AvgIpc) is 3.05. The number of rotatable bonds is 5. The Morgan fingerprint density at radius 2 is 1.82 bits per heavy atom. The minimum atomic E-state index is 0.153. The van der Waals surface area contributed by atoms with Gasteiger partial charge in [0.15, 0.2) is 0 Å². The fraction of sp³-hybridized carbons (Fsp3) is 0.611. The Bertz CT molecular complexity index is 476. The SMILES string of the molecule is O=C(CN1CCNCC1)NCC1(c2ccccc2)CCCC1. The summed E-state index contributed by atoms with van der Waals surface area (Å²) in [6, 6.07) is 10.7. The molecule has 3 rings (SSSR count). The van der Waals surface area contributed by atoms with Crippen LogP contribution in [0.5, 0.6) is 0 Å². The summed E-state index contributed by atoms with van der Waals surface area (Å²) in [5.41, 5.74) is 1.54. The van der Waals surface area contributed by atoms with Gasteiger partial charge in [-0.05, 0) is 18.4 Å². The molecule has 1 aromatic carbocycles. The lowest BCUT2D eigenvalue weighted by atomic mass is 9.79. The zero-order valence-electron chi connectivity index (χ0n) is 13.3. The highest BCUT2D eigenvalue weighted by atomic mass is 16.2. The molecule has 1 saturated heterocycles. The zero-order chi connectivity index (χ0) is 15.3. The van der Waals surface area contributed by atoms with Crippen molar-refractivity contribution in [3.8, 4) is 0 Å². The van der Waals surface area contributed by atoms with Crippen LogP contribution in [0, 0.1) is 0 Å². The number of piperazine rings is 1. The lowest BCUT2D eigenvalue weighted by Crippen LogP contribution is -2.49. The van der Waals surface area contributed by atoms with E-state index in [2.05, 4.69) is 45.9 Å². The van der Waals surface area contributed by atoms with E-state index in [1.54, 1.807) is 0 Å². The predicted octanol–water partition coefficient (Wildman–Crippen LogP) is 1.52. The van der Waals surface area contributed by atoms with Crippen molar-refractivity contribution < 1.29 is 4.79 Å². The first-order valence-corrected chi connectivity index (χ1v) is 8.54. The molecule has 0 atom stereocenters. The number of amides is 1. The van der Waals surface area contributed by atoms with E-state index in [1.807, 2.05) is 0 Å². The molecule has 0 radical (unpaired) electrons. The van der Waals surface area contributed by atoms with Gasteiger partial charge >= 0.3 is 0 Å². The number of hydrogen-bond acceptors (Lipinski definition) is 3. The lowest BCUT2D eigenvalue weighted by Gasteiger charge is -2.31. The Labute approximate surface area is 133 Å². The van der Waals surface area contributed by atoms with Gasteiger partial charge in [-0.25, -0.2) is 0 Å². The molecule has 1 heterocycles. The van der Waals surface area contributed by atoms with Gasteiger partial charge in [0.25, 0.3) is 0 Å². The molecule has 2 N–H and O–H groups in total. The van der Waals surface area contributed by atoms with Crippen LogP contribution in [0.2, 0.25) is 0 Å². The third-order valence-corrected chi connectivity index (χ3v) is 5.15. The topological polar surface area (TPSA) is 44.4 Å². The molecular formula is C18H27N3O. The first-order chi connectivity index (χ1) is 10.8. The van der Waals surface area contributed by atoms with Crippen LogP contribution < -0.4 is 10.6 Å². The quantitative estimate of drug-likeness (QED) is 0.867. The summed E-state index contributed by atoms with van der Waals surface area (Å²) < 4.78 is 0. The Hall–Kier alpha value is -1.39. The molecular weight excluding hydrogens is 274 g/mol. The maximum absolute atomic E-state index is 12.3. The van der Waals surface area contributed by atoms with E-state index in [0.717, 1.165) is 32.7 Å². The molecule has 1 aromatic rings. The maximum Gasteiger partial charge on any atom is 0.234 e. The van der Waals surface area contributed by atoms with E-state index in [4.69, 9.17) is 0 Å². The van der Waals surface area contributed by atoms with Gasteiger partial charge in [-0.15, -0.1) is 0 Å². The van der Waals surface area contributed by atoms with E-state index in [-0.39, 0.29) is 11.3 Å². The van der Waals surface area contributed by atoms with Gasteiger partial charge in [-0.1, -0.05) is 43.2 Å². The van der Waals surface area contributed by atoms with E-state index in [0.29, 0.717) is 6.54 Å². The summed E-state index contributed by atoms with van der Waals surface area (Å²) >= 11 is 0. The van der Waals surface area contributed by atoms with Crippen molar-refractivity contribution >= 4 is 5.91 Å². The van der Waals surface area contributed by atoms with Gasteiger partial charge in [0.1, 0.15) is 0 Å². The Morgan fingerprint density at radius 3 is 2.50 bits per heavy atom. The summed E-state index contributed by atoms with van der Waals surface area (Å²) in [7, 11) is 0. The van der Waals surface area contributed by atoms with Crippen LogP contribution in [0.3, 0.4) is 0 Å². The number of hydrogen-bond donors (Lipinski definition) is 2. The van der Waals surface area contributed by atoms with Crippen molar-refractivity contribution in [1.29, 1.82) is 0 Å². The lowest BCUT2D eigenvalue weighted by molar-refractivity contribution is -0.122. The van der Waals surface area contributed by atoms with Crippen molar-refractivity contribution in [1.82, 2.24) is 15.5 Å². The standard InChI is InChI=1S/C18H27N3O/c22-17(14-21-12-10-19-11-13-21)20-15-18(8-4-5-9-18)16-6-2-1-3-7-16/h1-3,6-7,19H,4-5,8-15H2,(H,20,22). The second-order valence-electron chi connectivity index (χ2n) is 6.66. The molecule has 1 aliphatic carbocycles. The summed E-state index contributed by atoms with van der Waals surface area (Å²) in [5.74, 6) is 0.170. The number of carbonyl (C=O) groups excluding carboxylic acids is 1. The van der Waals surface area contributed by atoms with Gasteiger partial charge in [-0.2, -0.15) is 0 Å². The average molecular weight is 301 g/mol. The van der Waals surface area contributed by atoms with Crippen molar-refractivity contribution in [2.45, 2.75) is 31.1 Å². The molecule has 1 amide bonds. The second kappa shape index (κ2) is 7.25. The van der Waals surface area contributed by atoms with E-state index < -0.39 is 0 Å². The molecule has 2 aliphatic rings. The predicted molar refractivity (Wildman–Crippen MR) is 88.9 cm³/mol. The van der Waals surface area contributed by atoms with Gasteiger partial charge in [0.2, 0.25) is 5.91 Å². The summed E-state index contributed by atoms with van der Waals surface area (Å²) in [5, 5.41) is 6.53. The third kappa shape index (κ3) is 3.68. The first kappa shape index (κ1) is 15.5. The number of nitrogens with zero attached hydrogens (tertiary/aromatic N) is 1. The maximum atomic E-state index is 12.3. The number of benzene rings is 1. The van der Waals surface area contributed by atoms with Crippen molar-refractivity contribution in [3.05, 3.63) is 35.9 Å². The molecule has 0 spiro atoms. The zero-order valence-corrected chi connectivity index (χ0v) is 13.3. The van der Waals surface area contributed by atoms with Crippen LogP contribution in [0.15, 0.2) is 30.3 Å². The third-order valence-electron chi connectivity index (χ3n) is 5.15. The molecule has 22 heavy (non-hydrogen) atoms. The Morgan fingerprint density at radius 1 is 1.14 bits per heavy atom. The van der Waals surface area contributed by atoms with Crippen molar-refractivity contribution in [2.75, 3.05) is 39.3 Å². The van der Waals surface area contributed by atoms with Crippen LogP contribution in [0.4, 0.5) is 0 Å². The highest BCUT2D eigenvalue weighted by Gasteiger charge is 2.35. The smallest absolute Gasteiger partial charge is 0.234 e. The highest BCUT2D eigenvalue weighted by Crippen LogP contribution is 2.40. The summed E-state index contributed by atoms with van der Waals surface area (Å²) in [6.07, 6.45) is 4.90. The molecule has 4 heteroatoms.